The van der Waals surface area contributed by atoms with Gasteiger partial charge in [-0.1, -0.05) is 48.5 Å². The van der Waals surface area contributed by atoms with Gasteiger partial charge in [-0.3, -0.25) is 19.2 Å². The van der Waals surface area contributed by atoms with Crippen LogP contribution in [-0.4, -0.2) is 12.1 Å². The topological polar surface area (TPSA) is 93.3 Å². The van der Waals surface area contributed by atoms with Crippen molar-refractivity contribution in [3.05, 3.63) is 108 Å². The van der Waals surface area contributed by atoms with Crippen LogP contribution < -0.4 is 26.5 Å². The van der Waals surface area contributed by atoms with Gasteiger partial charge in [0.25, 0.3) is 0 Å². The minimum Gasteiger partial charge on any atom is -0.497 e. The summed E-state index contributed by atoms with van der Waals surface area (Å²) in [6, 6.07) is 18.5. The Labute approximate surface area is 195 Å². The second-order valence-corrected chi connectivity index (χ2v) is 8.69. The van der Waals surface area contributed by atoms with Gasteiger partial charge in [0.1, 0.15) is 5.75 Å². The summed E-state index contributed by atoms with van der Waals surface area (Å²) in [5.41, 5.74) is -0.562. The number of benzene rings is 6. The van der Waals surface area contributed by atoms with E-state index in [2.05, 4.69) is 4.98 Å². The van der Waals surface area contributed by atoms with Crippen LogP contribution in [0.5, 0.6) is 5.75 Å². The molecule has 0 radical (unpaired) electrons. The molecule has 6 nitrogen and oxygen atoms in total. The first-order valence-corrected chi connectivity index (χ1v) is 11.1. The van der Waals surface area contributed by atoms with Crippen molar-refractivity contribution in [2.24, 2.45) is 0 Å². The van der Waals surface area contributed by atoms with Crippen LogP contribution in [0.1, 0.15) is 0 Å². The molecule has 166 valence electrons. The molecule has 1 heterocycles. The molecule has 0 spiro atoms. The van der Waals surface area contributed by atoms with Gasteiger partial charge >= 0.3 is 0 Å². The maximum atomic E-state index is 13.9. The molecule has 0 amide bonds. The van der Waals surface area contributed by atoms with Crippen LogP contribution in [0.25, 0.3) is 64.9 Å². The average molecular weight is 457 g/mol. The predicted molar refractivity (Wildman–Crippen MR) is 140 cm³/mol. The smallest absolute Gasteiger partial charge is 0.196 e. The van der Waals surface area contributed by atoms with Crippen molar-refractivity contribution in [3.8, 4) is 5.75 Å². The van der Waals surface area contributed by atoms with E-state index in [1.165, 1.54) is 7.11 Å². The van der Waals surface area contributed by atoms with Crippen LogP contribution in [0.2, 0.25) is 0 Å². The maximum Gasteiger partial charge on any atom is 0.196 e. The second kappa shape index (κ2) is 6.61. The summed E-state index contributed by atoms with van der Waals surface area (Å²) < 4.78 is 5.40. The number of H-pyrrole nitrogens is 1. The fourth-order valence-corrected chi connectivity index (χ4v) is 5.45. The summed E-state index contributed by atoms with van der Waals surface area (Å²) in [5.74, 6) is 0.563. The highest BCUT2D eigenvalue weighted by atomic mass is 16.5. The van der Waals surface area contributed by atoms with E-state index < -0.39 is 10.9 Å². The highest BCUT2D eigenvalue weighted by molar-refractivity contribution is 6.33. The lowest BCUT2D eigenvalue weighted by Gasteiger charge is -2.09. The quantitative estimate of drug-likeness (QED) is 0.294. The van der Waals surface area contributed by atoms with Crippen LogP contribution in [0, 0.1) is 0 Å². The molecule has 1 aromatic heterocycles. The molecule has 0 saturated carbocycles. The van der Waals surface area contributed by atoms with Crippen LogP contribution in [0.4, 0.5) is 0 Å². The lowest BCUT2D eigenvalue weighted by Crippen LogP contribution is -2.19. The van der Waals surface area contributed by atoms with Gasteiger partial charge in [-0.15, -0.1) is 0 Å². The Kier molecular flexibility index (Phi) is 3.70. The number of methoxy groups -OCH3 is 1. The number of hydrogen-bond donors (Lipinski definition) is 1. The third-order valence-electron chi connectivity index (χ3n) is 7.00. The first-order chi connectivity index (χ1) is 17.0. The van der Waals surface area contributed by atoms with Gasteiger partial charge < -0.3 is 9.72 Å². The van der Waals surface area contributed by atoms with Crippen LogP contribution in [-0.2, 0) is 0 Å². The fraction of sp³-hybridized carbons (Fsp3) is 0.0345. The monoisotopic (exact) mass is 457 g/mol. The first-order valence-electron chi connectivity index (χ1n) is 11.1. The van der Waals surface area contributed by atoms with Gasteiger partial charge in [-0.25, -0.2) is 0 Å². The predicted octanol–water partition coefficient (Wildman–Crippen LogP) is 4.26. The van der Waals surface area contributed by atoms with E-state index in [4.69, 9.17) is 4.74 Å². The Bertz CT molecular complexity index is 2290. The second-order valence-electron chi connectivity index (χ2n) is 8.69. The molecule has 0 atom stereocenters. The van der Waals surface area contributed by atoms with Gasteiger partial charge in [0.2, 0.25) is 0 Å². The number of rotatable bonds is 1. The molecule has 0 unspecified atom stereocenters. The number of hydrogen-bond acceptors (Lipinski definition) is 5. The van der Waals surface area contributed by atoms with Gasteiger partial charge in [0, 0.05) is 54.0 Å². The number of nitrogens with one attached hydrogen (secondary N) is 1. The van der Waals surface area contributed by atoms with Crippen molar-refractivity contribution >= 4 is 64.9 Å². The molecule has 6 heteroatoms. The Morgan fingerprint density at radius 1 is 0.543 bits per heavy atom. The lowest BCUT2D eigenvalue weighted by molar-refractivity contribution is 0.415. The standard InChI is InChI=1S/C29H15NO5/c1-35-13-10-11-19-18(12-13)20-21-22(27(32)15-7-3-2-6-14(15)26(21)31)23-24(25(20)30-19)29(34)17-9-5-4-8-16(17)28(23)33/h2-12,30H,1H3. The van der Waals surface area contributed by atoms with E-state index in [1.807, 2.05) is 0 Å². The van der Waals surface area contributed by atoms with Gasteiger partial charge in [0.15, 0.2) is 21.7 Å². The molecule has 1 N–H and O–H groups in total. The van der Waals surface area contributed by atoms with Gasteiger partial charge in [-0.2, -0.15) is 0 Å². The molecule has 0 aliphatic rings. The van der Waals surface area contributed by atoms with Gasteiger partial charge in [0.05, 0.1) is 18.0 Å². The summed E-state index contributed by atoms with van der Waals surface area (Å²) >= 11 is 0. The molecule has 0 aliphatic heterocycles. The van der Waals surface area contributed by atoms with E-state index in [9.17, 15) is 19.2 Å². The summed E-state index contributed by atoms with van der Waals surface area (Å²) in [6.07, 6.45) is 0. The molecule has 6 aromatic carbocycles. The van der Waals surface area contributed by atoms with Crippen LogP contribution in [0.3, 0.4) is 0 Å². The van der Waals surface area contributed by atoms with Crippen molar-refractivity contribution in [2.45, 2.75) is 0 Å². The Morgan fingerprint density at radius 2 is 1.00 bits per heavy atom. The van der Waals surface area contributed by atoms with Crippen molar-refractivity contribution < 1.29 is 4.74 Å². The zero-order valence-corrected chi connectivity index (χ0v) is 18.4. The SMILES string of the molecule is COc1ccc2[nH]c3c4c(=O)c5ccccc5c(=O)c4c4c(=O)c5ccccc5c(=O)c4c3c2c1. The van der Waals surface area contributed by atoms with E-state index >= 15 is 0 Å². The van der Waals surface area contributed by atoms with Crippen LogP contribution in [0.15, 0.2) is 85.9 Å². The third kappa shape index (κ3) is 2.33. The summed E-state index contributed by atoms with van der Waals surface area (Å²) in [6.45, 7) is 0. The summed E-state index contributed by atoms with van der Waals surface area (Å²) in [5, 5.41) is 2.33. The Balaban J connectivity index is 1.99. The molecule has 0 fully saturated rings. The molecular formula is C29H15NO5. The van der Waals surface area contributed by atoms with E-state index in [-0.39, 0.29) is 53.9 Å². The van der Waals surface area contributed by atoms with E-state index in [0.717, 1.165) is 0 Å². The number of ether oxygens (including phenoxy) is 1. The molecular weight excluding hydrogens is 442 g/mol. The Hall–Kier alpha value is -4.84. The molecule has 7 rings (SSSR count). The van der Waals surface area contributed by atoms with Crippen molar-refractivity contribution in [2.75, 3.05) is 7.11 Å². The minimum atomic E-state index is -0.440. The third-order valence-corrected chi connectivity index (χ3v) is 7.00. The first kappa shape index (κ1) is 19.6. The lowest BCUT2D eigenvalue weighted by atomic mass is 9.91. The molecule has 7 aromatic rings. The Morgan fingerprint density at radius 3 is 1.51 bits per heavy atom. The largest absolute Gasteiger partial charge is 0.497 e. The van der Waals surface area contributed by atoms with Gasteiger partial charge in [-0.05, 0) is 18.2 Å². The molecule has 35 heavy (non-hydrogen) atoms. The highest BCUT2D eigenvalue weighted by Crippen LogP contribution is 2.37. The minimum absolute atomic E-state index is 0.00669. The highest BCUT2D eigenvalue weighted by Gasteiger charge is 2.25. The average Bonchev–Trinajstić information content (AvgIpc) is 3.27. The number of aromatic amines is 1. The number of aromatic nitrogens is 1. The zero-order chi connectivity index (χ0) is 24.0. The zero-order valence-electron chi connectivity index (χ0n) is 18.4. The van der Waals surface area contributed by atoms with Crippen molar-refractivity contribution in [3.63, 3.8) is 0 Å². The summed E-state index contributed by atoms with van der Waals surface area (Å²) in [7, 11) is 1.54. The molecule has 0 saturated heterocycles. The fourth-order valence-electron chi connectivity index (χ4n) is 5.45. The normalized spacial score (nSPS) is 12.0. The maximum absolute atomic E-state index is 13.9. The van der Waals surface area contributed by atoms with E-state index in [1.54, 1.807) is 66.7 Å². The molecule has 0 bridgehead atoms. The van der Waals surface area contributed by atoms with Crippen LogP contribution >= 0.6 is 0 Å². The molecule has 0 aliphatic carbocycles. The van der Waals surface area contributed by atoms with Crippen molar-refractivity contribution in [1.29, 1.82) is 0 Å². The van der Waals surface area contributed by atoms with Crippen molar-refractivity contribution in [1.82, 2.24) is 4.98 Å². The van der Waals surface area contributed by atoms with E-state index in [0.29, 0.717) is 27.6 Å². The number of fused-ring (bicyclic) bond motifs is 10. The summed E-state index contributed by atoms with van der Waals surface area (Å²) in [4.78, 5) is 58.6.